The largest absolute Gasteiger partial charge is 0.297 e. The van der Waals surface area contributed by atoms with Crippen LogP contribution in [0.25, 0.3) is 0 Å². The van der Waals surface area contributed by atoms with Crippen molar-refractivity contribution in [3.63, 3.8) is 0 Å². The van der Waals surface area contributed by atoms with E-state index in [1.54, 1.807) is 0 Å². The van der Waals surface area contributed by atoms with E-state index in [1.807, 2.05) is 32.8 Å². The molecule has 0 unspecified atom stereocenters. The van der Waals surface area contributed by atoms with Crippen molar-refractivity contribution in [1.29, 1.82) is 0 Å². The normalized spacial score (nSPS) is 13.1. The Hall–Kier alpha value is -0.130. The number of hydrogen-bond donors (Lipinski definition) is 0. The minimum Gasteiger partial charge on any atom is -0.297 e. The lowest BCUT2D eigenvalue weighted by molar-refractivity contribution is -0.194. The SMILES string of the molecule is CC(C)N(OCCS(C)(=O)=O)C(C)C. The molecule has 14 heavy (non-hydrogen) atoms. The third-order valence-electron chi connectivity index (χ3n) is 1.71. The van der Waals surface area contributed by atoms with E-state index >= 15 is 0 Å². The summed E-state index contributed by atoms with van der Waals surface area (Å²) < 4.78 is 21.7. The summed E-state index contributed by atoms with van der Waals surface area (Å²) in [6.45, 7) is 8.29. The second kappa shape index (κ2) is 5.68. The Morgan fingerprint density at radius 1 is 1.14 bits per heavy atom. The zero-order valence-electron chi connectivity index (χ0n) is 9.65. The molecule has 0 aliphatic rings. The molecular formula is C9H21NO3S. The average molecular weight is 223 g/mol. The van der Waals surface area contributed by atoms with Crippen LogP contribution in [0.2, 0.25) is 0 Å². The number of hydroxylamine groups is 2. The van der Waals surface area contributed by atoms with Gasteiger partial charge in [-0.25, -0.2) is 8.42 Å². The van der Waals surface area contributed by atoms with Crippen LogP contribution >= 0.6 is 0 Å². The second-order valence-corrected chi connectivity index (χ2v) is 6.27. The van der Waals surface area contributed by atoms with Crippen molar-refractivity contribution in [1.82, 2.24) is 5.06 Å². The Bertz CT molecular complexity index is 239. The maximum absolute atomic E-state index is 10.9. The van der Waals surface area contributed by atoms with Crippen molar-refractivity contribution in [2.45, 2.75) is 39.8 Å². The highest BCUT2D eigenvalue weighted by molar-refractivity contribution is 7.90. The van der Waals surface area contributed by atoms with Gasteiger partial charge in [-0.05, 0) is 27.7 Å². The van der Waals surface area contributed by atoms with E-state index in [4.69, 9.17) is 4.84 Å². The minimum atomic E-state index is -2.92. The van der Waals surface area contributed by atoms with Gasteiger partial charge >= 0.3 is 0 Å². The molecule has 0 aromatic rings. The maximum atomic E-state index is 10.9. The van der Waals surface area contributed by atoms with Gasteiger partial charge in [-0.2, -0.15) is 5.06 Å². The molecule has 0 saturated heterocycles. The van der Waals surface area contributed by atoms with E-state index < -0.39 is 9.84 Å². The topological polar surface area (TPSA) is 46.6 Å². The van der Waals surface area contributed by atoms with Crippen LogP contribution in [0.5, 0.6) is 0 Å². The molecule has 0 aromatic heterocycles. The Labute approximate surface area is 87.1 Å². The van der Waals surface area contributed by atoms with Gasteiger partial charge in [0.15, 0.2) is 0 Å². The molecule has 0 saturated carbocycles. The average Bonchev–Trinajstić information content (AvgIpc) is 1.94. The van der Waals surface area contributed by atoms with Crippen LogP contribution in [-0.2, 0) is 14.7 Å². The van der Waals surface area contributed by atoms with Crippen LogP contribution in [0.15, 0.2) is 0 Å². The molecule has 0 spiro atoms. The molecule has 0 aliphatic carbocycles. The van der Waals surface area contributed by atoms with E-state index in [2.05, 4.69) is 0 Å². The fourth-order valence-electron chi connectivity index (χ4n) is 1.19. The predicted octanol–water partition coefficient (Wildman–Crippen LogP) is 1.08. The molecule has 0 amide bonds. The molecular weight excluding hydrogens is 202 g/mol. The van der Waals surface area contributed by atoms with Crippen molar-refractivity contribution in [2.24, 2.45) is 0 Å². The van der Waals surface area contributed by atoms with E-state index in [1.165, 1.54) is 6.26 Å². The van der Waals surface area contributed by atoms with Gasteiger partial charge in [-0.15, -0.1) is 0 Å². The lowest BCUT2D eigenvalue weighted by atomic mass is 10.3. The Kier molecular flexibility index (Phi) is 5.63. The van der Waals surface area contributed by atoms with Gasteiger partial charge in [0.1, 0.15) is 9.84 Å². The highest BCUT2D eigenvalue weighted by Crippen LogP contribution is 2.05. The zero-order chi connectivity index (χ0) is 11.4. The first-order valence-corrected chi connectivity index (χ1v) is 6.89. The summed E-state index contributed by atoms with van der Waals surface area (Å²) in [5.41, 5.74) is 0. The predicted molar refractivity (Wildman–Crippen MR) is 57.8 cm³/mol. The van der Waals surface area contributed by atoms with Crippen molar-refractivity contribution in [2.75, 3.05) is 18.6 Å². The Morgan fingerprint density at radius 2 is 1.57 bits per heavy atom. The fourth-order valence-corrected chi connectivity index (χ4v) is 1.57. The van der Waals surface area contributed by atoms with Crippen LogP contribution in [0, 0.1) is 0 Å². The molecule has 0 radical (unpaired) electrons. The standard InChI is InChI=1S/C9H21NO3S/c1-8(2)10(9(3)4)13-6-7-14(5,11)12/h8-9H,6-7H2,1-5H3. The third-order valence-corrected chi connectivity index (χ3v) is 2.62. The molecule has 86 valence electrons. The van der Waals surface area contributed by atoms with Crippen LogP contribution in [0.4, 0.5) is 0 Å². The van der Waals surface area contributed by atoms with Gasteiger partial charge < -0.3 is 0 Å². The first-order chi connectivity index (χ1) is 6.24. The van der Waals surface area contributed by atoms with Crippen molar-refractivity contribution < 1.29 is 13.3 Å². The number of sulfone groups is 1. The van der Waals surface area contributed by atoms with Crippen molar-refractivity contribution >= 4 is 9.84 Å². The minimum absolute atomic E-state index is 0.0724. The van der Waals surface area contributed by atoms with E-state index in [-0.39, 0.29) is 24.4 Å². The molecule has 0 bridgehead atoms. The Balaban J connectivity index is 3.96. The lowest BCUT2D eigenvalue weighted by Crippen LogP contribution is -2.38. The maximum Gasteiger partial charge on any atom is 0.149 e. The molecule has 0 atom stereocenters. The summed E-state index contributed by atoms with van der Waals surface area (Å²) in [6.07, 6.45) is 1.21. The molecule has 0 aliphatic heterocycles. The lowest BCUT2D eigenvalue weighted by Gasteiger charge is -2.29. The van der Waals surface area contributed by atoms with Gasteiger partial charge in [0, 0.05) is 18.3 Å². The fraction of sp³-hybridized carbons (Fsp3) is 1.00. The van der Waals surface area contributed by atoms with Crippen molar-refractivity contribution in [3.8, 4) is 0 Å². The summed E-state index contributed by atoms with van der Waals surface area (Å²) in [5, 5.41) is 1.81. The smallest absolute Gasteiger partial charge is 0.149 e. The van der Waals surface area contributed by atoms with Crippen LogP contribution in [0.1, 0.15) is 27.7 Å². The zero-order valence-corrected chi connectivity index (χ0v) is 10.5. The van der Waals surface area contributed by atoms with Gasteiger partial charge in [0.25, 0.3) is 0 Å². The van der Waals surface area contributed by atoms with E-state index in [0.717, 1.165) is 0 Å². The molecule has 0 fully saturated rings. The highest BCUT2D eigenvalue weighted by atomic mass is 32.2. The van der Waals surface area contributed by atoms with E-state index in [0.29, 0.717) is 0 Å². The summed E-state index contributed by atoms with van der Waals surface area (Å²) in [7, 11) is -2.92. The highest BCUT2D eigenvalue weighted by Gasteiger charge is 2.14. The molecule has 5 heteroatoms. The van der Waals surface area contributed by atoms with Gasteiger partial charge in [-0.1, -0.05) is 0 Å². The second-order valence-electron chi connectivity index (χ2n) is 4.01. The summed E-state index contributed by atoms with van der Waals surface area (Å²) >= 11 is 0. The quantitative estimate of drug-likeness (QED) is 0.632. The third kappa shape index (κ3) is 6.34. The van der Waals surface area contributed by atoms with Gasteiger partial charge in [0.2, 0.25) is 0 Å². The van der Waals surface area contributed by atoms with Gasteiger partial charge in [0.05, 0.1) is 12.4 Å². The monoisotopic (exact) mass is 223 g/mol. The number of hydrogen-bond acceptors (Lipinski definition) is 4. The first kappa shape index (κ1) is 13.9. The summed E-state index contributed by atoms with van der Waals surface area (Å²) in [4.78, 5) is 5.40. The van der Waals surface area contributed by atoms with Crippen LogP contribution in [0.3, 0.4) is 0 Å². The molecule has 0 aromatic carbocycles. The molecule has 4 nitrogen and oxygen atoms in total. The van der Waals surface area contributed by atoms with Crippen molar-refractivity contribution in [3.05, 3.63) is 0 Å². The summed E-state index contributed by atoms with van der Waals surface area (Å²) in [5.74, 6) is 0.0724. The molecule has 0 rings (SSSR count). The van der Waals surface area contributed by atoms with Crippen LogP contribution < -0.4 is 0 Å². The molecule has 0 heterocycles. The van der Waals surface area contributed by atoms with Gasteiger partial charge in [-0.3, -0.25) is 4.84 Å². The first-order valence-electron chi connectivity index (χ1n) is 4.83. The van der Waals surface area contributed by atoms with E-state index in [9.17, 15) is 8.42 Å². The number of nitrogens with zero attached hydrogens (tertiary/aromatic N) is 1. The molecule has 0 N–H and O–H groups in total. The number of rotatable bonds is 6. The van der Waals surface area contributed by atoms with Crippen LogP contribution in [-0.4, -0.2) is 44.2 Å². The summed E-state index contributed by atoms with van der Waals surface area (Å²) in [6, 6.07) is 0.518. The Morgan fingerprint density at radius 3 is 1.86 bits per heavy atom.